The second kappa shape index (κ2) is 7.45. The summed E-state index contributed by atoms with van der Waals surface area (Å²) >= 11 is 0. The zero-order valence-corrected chi connectivity index (χ0v) is 12.0. The van der Waals surface area contributed by atoms with Gasteiger partial charge in [0, 0.05) is 18.5 Å². The van der Waals surface area contributed by atoms with E-state index in [0.717, 1.165) is 38.1 Å². The van der Waals surface area contributed by atoms with E-state index in [4.69, 9.17) is 5.73 Å². The van der Waals surface area contributed by atoms with Crippen LogP contribution in [0.1, 0.15) is 38.4 Å². The van der Waals surface area contributed by atoms with Gasteiger partial charge in [0.15, 0.2) is 5.82 Å². The summed E-state index contributed by atoms with van der Waals surface area (Å²) in [5.74, 6) is 0.976. The average Bonchev–Trinajstić information content (AvgIpc) is 2.96. The number of nitrogens with one attached hydrogen (secondary N) is 1. The van der Waals surface area contributed by atoms with E-state index in [1.54, 1.807) is 6.33 Å². The summed E-state index contributed by atoms with van der Waals surface area (Å²) in [5.41, 5.74) is 5.81. The third kappa shape index (κ3) is 4.18. The number of carbonyl (C=O) groups is 1. The smallest absolute Gasteiger partial charge is 0.223 e. The number of carbonyl (C=O) groups excluding carboxylic acids is 1. The summed E-state index contributed by atoms with van der Waals surface area (Å²) in [6.45, 7) is 3.43. The van der Waals surface area contributed by atoms with Crippen molar-refractivity contribution in [3.8, 4) is 0 Å². The van der Waals surface area contributed by atoms with E-state index in [1.807, 2.05) is 4.57 Å². The van der Waals surface area contributed by atoms with Crippen molar-refractivity contribution in [2.45, 2.75) is 51.7 Å². The van der Waals surface area contributed by atoms with E-state index in [9.17, 15) is 4.79 Å². The number of aryl methyl sites for hydroxylation is 1. The molecule has 0 saturated heterocycles. The molecule has 1 amide bonds. The molecule has 2 rings (SSSR count). The van der Waals surface area contributed by atoms with Crippen LogP contribution in [-0.4, -0.2) is 26.7 Å². The van der Waals surface area contributed by atoms with Gasteiger partial charge in [-0.25, -0.2) is 0 Å². The van der Waals surface area contributed by atoms with Gasteiger partial charge < -0.3 is 15.6 Å². The highest BCUT2D eigenvalue weighted by Crippen LogP contribution is 2.24. The Hall–Kier alpha value is -1.14. The van der Waals surface area contributed by atoms with Gasteiger partial charge in [-0.15, -0.1) is 22.6 Å². The maximum atomic E-state index is 11.9. The molecule has 0 unspecified atom stereocenters. The first-order chi connectivity index (χ1) is 8.70. The minimum atomic E-state index is 0. The molecule has 0 aromatic carbocycles. The van der Waals surface area contributed by atoms with Crippen molar-refractivity contribution in [2.24, 2.45) is 11.7 Å². The summed E-state index contributed by atoms with van der Waals surface area (Å²) in [5, 5.41) is 10.8. The van der Waals surface area contributed by atoms with Crippen LogP contribution in [0.4, 0.5) is 0 Å². The maximum Gasteiger partial charge on any atom is 0.223 e. The Morgan fingerprint density at radius 3 is 3.00 bits per heavy atom. The van der Waals surface area contributed by atoms with Crippen molar-refractivity contribution in [2.75, 3.05) is 0 Å². The first-order valence-electron chi connectivity index (χ1n) is 6.60. The van der Waals surface area contributed by atoms with Gasteiger partial charge in [0.2, 0.25) is 5.91 Å². The molecule has 0 spiro atoms. The Labute approximate surface area is 119 Å². The number of nitrogens with zero attached hydrogens (tertiary/aromatic N) is 3. The van der Waals surface area contributed by atoms with E-state index in [-0.39, 0.29) is 30.3 Å². The van der Waals surface area contributed by atoms with Crippen LogP contribution >= 0.6 is 12.4 Å². The van der Waals surface area contributed by atoms with Crippen molar-refractivity contribution in [3.05, 3.63) is 12.2 Å². The molecular weight excluding hydrogens is 266 g/mol. The molecule has 1 aliphatic rings. The van der Waals surface area contributed by atoms with Gasteiger partial charge in [0.25, 0.3) is 0 Å². The molecule has 19 heavy (non-hydrogen) atoms. The third-order valence-corrected chi connectivity index (χ3v) is 3.42. The third-order valence-electron chi connectivity index (χ3n) is 3.42. The summed E-state index contributed by atoms with van der Waals surface area (Å²) in [6.07, 6.45) is 5.37. The lowest BCUT2D eigenvalue weighted by molar-refractivity contribution is -0.125. The first-order valence-corrected chi connectivity index (χ1v) is 6.60. The van der Waals surface area contributed by atoms with Crippen LogP contribution in [0.25, 0.3) is 0 Å². The lowest BCUT2D eigenvalue weighted by Crippen LogP contribution is -2.31. The van der Waals surface area contributed by atoms with E-state index in [0.29, 0.717) is 6.54 Å². The molecule has 1 fully saturated rings. The van der Waals surface area contributed by atoms with Crippen molar-refractivity contribution in [3.63, 3.8) is 0 Å². The Kier molecular flexibility index (Phi) is 6.24. The molecule has 1 aliphatic carbocycles. The van der Waals surface area contributed by atoms with Gasteiger partial charge in [-0.1, -0.05) is 6.92 Å². The molecule has 108 valence electrons. The molecule has 1 saturated carbocycles. The topological polar surface area (TPSA) is 85.8 Å². The van der Waals surface area contributed by atoms with Crippen LogP contribution in [0.2, 0.25) is 0 Å². The predicted octanol–water partition coefficient (Wildman–Crippen LogP) is 0.853. The normalized spacial score (nSPS) is 22.0. The summed E-state index contributed by atoms with van der Waals surface area (Å²) in [4.78, 5) is 11.9. The van der Waals surface area contributed by atoms with E-state index in [2.05, 4.69) is 22.4 Å². The molecule has 1 aromatic rings. The minimum absolute atomic E-state index is 0. The number of aromatic nitrogens is 3. The number of hydrogen-bond donors (Lipinski definition) is 2. The number of hydrogen-bond acceptors (Lipinski definition) is 4. The molecular formula is C12H22ClN5O. The van der Waals surface area contributed by atoms with Crippen LogP contribution in [0.3, 0.4) is 0 Å². The number of amides is 1. The van der Waals surface area contributed by atoms with Gasteiger partial charge in [-0.05, 0) is 25.7 Å². The van der Waals surface area contributed by atoms with Gasteiger partial charge in [0.05, 0.1) is 6.54 Å². The van der Waals surface area contributed by atoms with Crippen LogP contribution in [-0.2, 0) is 17.9 Å². The molecule has 0 radical (unpaired) electrons. The molecule has 7 heteroatoms. The molecule has 0 aliphatic heterocycles. The van der Waals surface area contributed by atoms with Gasteiger partial charge in [-0.3, -0.25) is 4.79 Å². The summed E-state index contributed by atoms with van der Waals surface area (Å²) < 4.78 is 1.97. The van der Waals surface area contributed by atoms with Gasteiger partial charge >= 0.3 is 0 Å². The fourth-order valence-electron chi connectivity index (χ4n) is 2.41. The van der Waals surface area contributed by atoms with Crippen molar-refractivity contribution >= 4 is 18.3 Å². The summed E-state index contributed by atoms with van der Waals surface area (Å²) in [6, 6.07) is 0.185. The average molecular weight is 288 g/mol. The van der Waals surface area contributed by atoms with Crippen LogP contribution < -0.4 is 11.1 Å². The standard InChI is InChI=1S/C12H21N5O.ClH/c1-2-5-17-8-15-16-11(17)7-14-12(18)9-3-4-10(13)6-9;/h8-10H,2-7,13H2,1H3,(H,14,18);1H/t9-,10+;/m0./s1. The quantitative estimate of drug-likeness (QED) is 0.841. The number of halogens is 1. The minimum Gasteiger partial charge on any atom is -0.349 e. The Bertz CT molecular complexity index is 409. The predicted molar refractivity (Wildman–Crippen MR) is 74.7 cm³/mol. The number of nitrogens with two attached hydrogens (primary N) is 1. The second-order valence-electron chi connectivity index (χ2n) is 4.93. The Balaban J connectivity index is 0.00000180. The highest BCUT2D eigenvalue weighted by Gasteiger charge is 2.27. The van der Waals surface area contributed by atoms with Crippen LogP contribution in [0.5, 0.6) is 0 Å². The Morgan fingerprint density at radius 2 is 2.37 bits per heavy atom. The van der Waals surface area contributed by atoms with Crippen molar-refractivity contribution in [1.29, 1.82) is 0 Å². The lowest BCUT2D eigenvalue weighted by atomic mass is 10.1. The molecule has 3 N–H and O–H groups in total. The molecule has 0 bridgehead atoms. The van der Waals surface area contributed by atoms with Crippen LogP contribution in [0, 0.1) is 5.92 Å². The molecule has 1 aromatic heterocycles. The fourth-order valence-corrected chi connectivity index (χ4v) is 2.41. The van der Waals surface area contributed by atoms with Gasteiger partial charge in [-0.2, -0.15) is 0 Å². The van der Waals surface area contributed by atoms with E-state index < -0.39 is 0 Å². The van der Waals surface area contributed by atoms with Crippen molar-refractivity contribution in [1.82, 2.24) is 20.1 Å². The zero-order chi connectivity index (χ0) is 13.0. The zero-order valence-electron chi connectivity index (χ0n) is 11.2. The van der Waals surface area contributed by atoms with E-state index in [1.165, 1.54) is 0 Å². The lowest BCUT2D eigenvalue weighted by Gasteiger charge is -2.11. The SMILES string of the molecule is CCCn1cnnc1CNC(=O)[C@H]1CC[C@@H](N)C1.Cl. The highest BCUT2D eigenvalue weighted by molar-refractivity contribution is 5.85. The fraction of sp³-hybridized carbons (Fsp3) is 0.750. The van der Waals surface area contributed by atoms with Crippen molar-refractivity contribution < 1.29 is 4.79 Å². The maximum absolute atomic E-state index is 11.9. The monoisotopic (exact) mass is 287 g/mol. The highest BCUT2D eigenvalue weighted by atomic mass is 35.5. The first kappa shape index (κ1) is 15.9. The summed E-state index contributed by atoms with van der Waals surface area (Å²) in [7, 11) is 0. The van der Waals surface area contributed by atoms with E-state index >= 15 is 0 Å². The number of rotatable bonds is 5. The molecule has 2 atom stereocenters. The Morgan fingerprint density at radius 1 is 1.58 bits per heavy atom. The van der Waals surface area contributed by atoms with Crippen LogP contribution in [0.15, 0.2) is 6.33 Å². The molecule has 1 heterocycles. The molecule has 6 nitrogen and oxygen atoms in total. The second-order valence-corrected chi connectivity index (χ2v) is 4.93. The van der Waals surface area contributed by atoms with Gasteiger partial charge in [0.1, 0.15) is 6.33 Å². The largest absolute Gasteiger partial charge is 0.349 e.